The number of hydrogen-bond acceptors (Lipinski definition) is 4. The standard InChI is InChI=1S/C15H14ClN3O2/c1-20-14-5-2-9(6-12(14)16)8-21-10-3-4-11-13(7-10)18-19-15(11)17/h2-7H,8H2,1H3,(H3,17,18,19). The minimum Gasteiger partial charge on any atom is -0.495 e. The number of hydrogen-bond donors (Lipinski definition) is 2. The van der Waals surface area contributed by atoms with Gasteiger partial charge in [0.1, 0.15) is 18.1 Å². The van der Waals surface area contributed by atoms with Gasteiger partial charge >= 0.3 is 0 Å². The smallest absolute Gasteiger partial charge is 0.153 e. The molecular formula is C15H14ClN3O2. The summed E-state index contributed by atoms with van der Waals surface area (Å²) in [7, 11) is 1.59. The summed E-state index contributed by atoms with van der Waals surface area (Å²) in [4.78, 5) is 0. The highest BCUT2D eigenvalue weighted by Gasteiger charge is 2.05. The first-order valence-electron chi connectivity index (χ1n) is 6.36. The lowest BCUT2D eigenvalue weighted by Crippen LogP contribution is -1.96. The summed E-state index contributed by atoms with van der Waals surface area (Å²) in [6, 6.07) is 11.2. The van der Waals surface area contributed by atoms with Crippen LogP contribution in [-0.2, 0) is 6.61 Å². The molecular weight excluding hydrogens is 290 g/mol. The van der Waals surface area contributed by atoms with Crippen molar-refractivity contribution < 1.29 is 9.47 Å². The Morgan fingerprint density at radius 1 is 1.24 bits per heavy atom. The van der Waals surface area contributed by atoms with Crippen molar-refractivity contribution in [3.05, 3.63) is 47.0 Å². The molecule has 0 aliphatic heterocycles. The number of fused-ring (bicyclic) bond motifs is 1. The number of nitrogens with two attached hydrogens (primary N) is 1. The molecule has 0 atom stereocenters. The number of H-pyrrole nitrogens is 1. The molecule has 1 aromatic heterocycles. The van der Waals surface area contributed by atoms with Gasteiger partial charge in [0.05, 0.1) is 17.6 Å². The van der Waals surface area contributed by atoms with Gasteiger partial charge in [-0.1, -0.05) is 17.7 Å². The van der Waals surface area contributed by atoms with Gasteiger partial charge in [-0.2, -0.15) is 5.10 Å². The second-order valence-electron chi connectivity index (χ2n) is 4.57. The average Bonchev–Trinajstić information content (AvgIpc) is 2.86. The second-order valence-corrected chi connectivity index (χ2v) is 4.98. The first kappa shape index (κ1) is 13.6. The maximum Gasteiger partial charge on any atom is 0.153 e. The van der Waals surface area contributed by atoms with Crippen LogP contribution in [0, 0.1) is 0 Å². The topological polar surface area (TPSA) is 73.2 Å². The maximum absolute atomic E-state index is 6.08. The lowest BCUT2D eigenvalue weighted by molar-refractivity contribution is 0.306. The molecule has 0 aliphatic rings. The number of nitrogens with one attached hydrogen (secondary N) is 1. The first-order valence-corrected chi connectivity index (χ1v) is 6.74. The van der Waals surface area contributed by atoms with Crippen molar-refractivity contribution in [2.24, 2.45) is 0 Å². The van der Waals surface area contributed by atoms with Crippen LogP contribution in [-0.4, -0.2) is 17.3 Å². The quantitative estimate of drug-likeness (QED) is 0.775. The second kappa shape index (κ2) is 5.54. The number of rotatable bonds is 4. The Balaban J connectivity index is 1.75. The molecule has 0 amide bonds. The fourth-order valence-electron chi connectivity index (χ4n) is 2.08. The highest BCUT2D eigenvalue weighted by molar-refractivity contribution is 6.32. The summed E-state index contributed by atoms with van der Waals surface area (Å²) >= 11 is 6.08. The largest absolute Gasteiger partial charge is 0.495 e. The van der Waals surface area contributed by atoms with Gasteiger partial charge in [0, 0.05) is 11.5 Å². The number of halogens is 1. The summed E-state index contributed by atoms with van der Waals surface area (Å²) in [5, 5.41) is 8.26. The molecule has 6 heteroatoms. The molecule has 21 heavy (non-hydrogen) atoms. The average molecular weight is 304 g/mol. The van der Waals surface area contributed by atoms with Gasteiger partial charge in [0.15, 0.2) is 5.82 Å². The molecule has 0 fully saturated rings. The zero-order valence-electron chi connectivity index (χ0n) is 11.4. The normalized spacial score (nSPS) is 10.8. The van der Waals surface area contributed by atoms with Crippen LogP contribution in [0.25, 0.3) is 10.9 Å². The van der Waals surface area contributed by atoms with Crippen LogP contribution in [0.3, 0.4) is 0 Å². The van der Waals surface area contributed by atoms with Gasteiger partial charge in [-0.05, 0) is 29.8 Å². The molecule has 0 radical (unpaired) electrons. The van der Waals surface area contributed by atoms with Crippen LogP contribution in [0.1, 0.15) is 5.56 Å². The molecule has 3 N–H and O–H groups in total. The number of aromatic amines is 1. The minimum absolute atomic E-state index is 0.416. The van der Waals surface area contributed by atoms with E-state index in [1.807, 2.05) is 36.4 Å². The van der Waals surface area contributed by atoms with E-state index >= 15 is 0 Å². The van der Waals surface area contributed by atoms with Crippen molar-refractivity contribution in [1.29, 1.82) is 0 Å². The molecule has 5 nitrogen and oxygen atoms in total. The predicted molar refractivity (Wildman–Crippen MR) is 82.8 cm³/mol. The van der Waals surface area contributed by atoms with Gasteiger partial charge in [-0.25, -0.2) is 0 Å². The minimum atomic E-state index is 0.416. The highest BCUT2D eigenvalue weighted by atomic mass is 35.5. The van der Waals surface area contributed by atoms with E-state index < -0.39 is 0 Å². The summed E-state index contributed by atoms with van der Waals surface area (Å²) < 4.78 is 10.9. The number of ether oxygens (including phenoxy) is 2. The van der Waals surface area contributed by atoms with Crippen LogP contribution < -0.4 is 15.2 Å². The van der Waals surface area contributed by atoms with E-state index in [0.29, 0.717) is 23.2 Å². The fraction of sp³-hybridized carbons (Fsp3) is 0.133. The Hall–Kier alpha value is -2.40. The van der Waals surface area contributed by atoms with Gasteiger partial charge in [0.2, 0.25) is 0 Å². The van der Waals surface area contributed by atoms with Crippen molar-refractivity contribution in [2.75, 3.05) is 12.8 Å². The van der Waals surface area contributed by atoms with E-state index in [4.69, 9.17) is 26.8 Å². The van der Waals surface area contributed by atoms with Crippen molar-refractivity contribution in [3.63, 3.8) is 0 Å². The van der Waals surface area contributed by atoms with E-state index in [-0.39, 0.29) is 0 Å². The summed E-state index contributed by atoms with van der Waals surface area (Å²) in [5.41, 5.74) is 7.53. The SMILES string of the molecule is COc1ccc(COc2ccc3c(N)n[nH]c3c2)cc1Cl. The molecule has 3 rings (SSSR count). The molecule has 0 saturated carbocycles. The zero-order valence-corrected chi connectivity index (χ0v) is 12.1. The molecule has 1 heterocycles. The molecule has 0 unspecified atom stereocenters. The Morgan fingerprint density at radius 3 is 2.86 bits per heavy atom. The number of benzene rings is 2. The third-order valence-corrected chi connectivity index (χ3v) is 3.48. The molecule has 108 valence electrons. The van der Waals surface area contributed by atoms with Crippen molar-refractivity contribution in [1.82, 2.24) is 10.2 Å². The van der Waals surface area contributed by atoms with Gasteiger partial charge in [-0.15, -0.1) is 0 Å². The predicted octanol–water partition coefficient (Wildman–Crippen LogP) is 3.39. The summed E-state index contributed by atoms with van der Waals surface area (Å²) in [6.45, 7) is 0.416. The number of nitrogen functional groups attached to an aromatic ring is 1. The van der Waals surface area contributed by atoms with Crippen LogP contribution in [0.4, 0.5) is 5.82 Å². The Morgan fingerprint density at radius 2 is 2.10 bits per heavy atom. The zero-order chi connectivity index (χ0) is 14.8. The van der Waals surface area contributed by atoms with Crippen molar-refractivity contribution in [2.45, 2.75) is 6.61 Å². The van der Waals surface area contributed by atoms with Gasteiger partial charge < -0.3 is 15.2 Å². The maximum atomic E-state index is 6.08. The highest BCUT2D eigenvalue weighted by Crippen LogP contribution is 2.26. The molecule has 0 spiro atoms. The van der Waals surface area contributed by atoms with Crippen LogP contribution in [0.2, 0.25) is 5.02 Å². The van der Waals surface area contributed by atoms with E-state index in [2.05, 4.69) is 10.2 Å². The Bertz CT molecular complexity index is 786. The van der Waals surface area contributed by atoms with Crippen LogP contribution in [0.5, 0.6) is 11.5 Å². The molecule has 0 bridgehead atoms. The number of aromatic nitrogens is 2. The number of methoxy groups -OCH3 is 1. The van der Waals surface area contributed by atoms with Gasteiger partial charge in [-0.3, -0.25) is 5.10 Å². The number of nitrogens with zero attached hydrogens (tertiary/aromatic N) is 1. The van der Waals surface area contributed by atoms with E-state index in [1.54, 1.807) is 7.11 Å². The van der Waals surface area contributed by atoms with Crippen LogP contribution in [0.15, 0.2) is 36.4 Å². The third-order valence-electron chi connectivity index (χ3n) is 3.19. The summed E-state index contributed by atoms with van der Waals surface area (Å²) in [6.07, 6.45) is 0. The molecule has 2 aromatic carbocycles. The van der Waals surface area contributed by atoms with E-state index in [9.17, 15) is 0 Å². The fourth-order valence-corrected chi connectivity index (χ4v) is 2.36. The van der Waals surface area contributed by atoms with Gasteiger partial charge in [0.25, 0.3) is 0 Å². The molecule has 0 saturated heterocycles. The Labute approximate surface area is 126 Å². The van der Waals surface area contributed by atoms with E-state index in [0.717, 1.165) is 22.2 Å². The first-order chi connectivity index (χ1) is 10.2. The number of anilines is 1. The van der Waals surface area contributed by atoms with E-state index in [1.165, 1.54) is 0 Å². The monoisotopic (exact) mass is 303 g/mol. The Kier molecular flexibility index (Phi) is 3.58. The van der Waals surface area contributed by atoms with Crippen molar-refractivity contribution in [3.8, 4) is 11.5 Å². The lowest BCUT2D eigenvalue weighted by Gasteiger charge is -2.08. The third kappa shape index (κ3) is 2.73. The molecule has 3 aromatic rings. The molecule has 0 aliphatic carbocycles. The summed E-state index contributed by atoms with van der Waals surface area (Å²) in [5.74, 6) is 1.87. The van der Waals surface area contributed by atoms with Crippen LogP contribution >= 0.6 is 11.6 Å². The van der Waals surface area contributed by atoms with Crippen molar-refractivity contribution >= 4 is 28.3 Å². The lowest BCUT2D eigenvalue weighted by atomic mass is 10.2.